The molecule has 1 aromatic heterocycles. The van der Waals surface area contributed by atoms with Crippen LogP contribution in [-0.2, 0) is 32.5 Å². The summed E-state index contributed by atoms with van der Waals surface area (Å²) < 4.78 is 12.5. The molecular weight excluding hydrogens is 406 g/mol. The molecule has 1 aliphatic carbocycles. The van der Waals surface area contributed by atoms with Gasteiger partial charge in [0.15, 0.2) is 0 Å². The van der Waals surface area contributed by atoms with Gasteiger partial charge in [-0.15, -0.1) is 0 Å². The number of rotatable bonds is 8. The molecule has 4 rings (SSSR count). The van der Waals surface area contributed by atoms with Gasteiger partial charge < -0.3 is 14.0 Å². The topological polar surface area (TPSA) is 64.0 Å². The Hall–Kier alpha value is -2.64. The van der Waals surface area contributed by atoms with Gasteiger partial charge >= 0.3 is 11.9 Å². The molecule has 2 atom stereocenters. The standard InChI is InChI=1S/C25H33N3O4/c1-5-31-23(29)15-28(16-24(30)32-6-2)13-17-10-20-19-8-7-9-21-25(19)18(14-27(21)4)11-22(20)26(3)12-17/h7-10,14,17,22H,5-6,11-13,15-16H2,1-4H3/t17-,22-/m1/s1. The highest BCUT2D eigenvalue weighted by Gasteiger charge is 2.34. The van der Waals surface area contributed by atoms with E-state index in [1.807, 2.05) is 4.90 Å². The number of aryl methyl sites for hydroxylation is 1. The summed E-state index contributed by atoms with van der Waals surface area (Å²) in [6.45, 7) is 5.85. The van der Waals surface area contributed by atoms with Crippen LogP contribution in [0.5, 0.6) is 0 Å². The van der Waals surface area contributed by atoms with Crippen molar-refractivity contribution in [3.63, 3.8) is 0 Å². The van der Waals surface area contributed by atoms with Crippen LogP contribution in [0.3, 0.4) is 0 Å². The zero-order valence-electron chi connectivity index (χ0n) is 19.5. The molecule has 0 saturated heterocycles. The quantitative estimate of drug-likeness (QED) is 0.589. The third-order valence-electron chi connectivity index (χ3n) is 6.45. The average Bonchev–Trinajstić information content (AvgIpc) is 3.06. The van der Waals surface area contributed by atoms with Gasteiger partial charge in [0.1, 0.15) is 0 Å². The highest BCUT2D eigenvalue weighted by Crippen LogP contribution is 2.41. The summed E-state index contributed by atoms with van der Waals surface area (Å²) in [5.74, 6) is -0.443. The third-order valence-corrected chi connectivity index (χ3v) is 6.45. The molecule has 1 aliphatic heterocycles. The molecule has 2 aliphatic rings. The zero-order valence-corrected chi connectivity index (χ0v) is 19.5. The van der Waals surface area contributed by atoms with E-state index in [-0.39, 0.29) is 30.9 Å². The van der Waals surface area contributed by atoms with Crippen LogP contribution in [-0.4, -0.2) is 78.8 Å². The van der Waals surface area contributed by atoms with Crippen molar-refractivity contribution in [1.29, 1.82) is 0 Å². The van der Waals surface area contributed by atoms with E-state index in [1.54, 1.807) is 13.8 Å². The van der Waals surface area contributed by atoms with Crippen LogP contribution in [0.2, 0.25) is 0 Å². The molecule has 0 saturated carbocycles. The van der Waals surface area contributed by atoms with Crippen LogP contribution in [0.1, 0.15) is 25.0 Å². The van der Waals surface area contributed by atoms with Gasteiger partial charge in [0.05, 0.1) is 26.3 Å². The molecule has 2 heterocycles. The van der Waals surface area contributed by atoms with E-state index in [4.69, 9.17) is 9.47 Å². The Morgan fingerprint density at radius 2 is 1.78 bits per heavy atom. The number of fused-ring (bicyclic) bond motifs is 2. The molecule has 0 bridgehead atoms. The molecule has 2 aromatic rings. The third kappa shape index (κ3) is 4.45. The van der Waals surface area contributed by atoms with Crippen molar-refractivity contribution in [1.82, 2.24) is 14.4 Å². The molecular formula is C25H33N3O4. The number of esters is 2. The van der Waals surface area contributed by atoms with Crippen LogP contribution in [0.4, 0.5) is 0 Å². The van der Waals surface area contributed by atoms with Gasteiger partial charge in [0, 0.05) is 49.2 Å². The highest BCUT2D eigenvalue weighted by atomic mass is 16.5. The number of benzene rings is 1. The SMILES string of the molecule is CCOC(=O)CN(CC(=O)OCC)C[C@@H]1C=C2c3cccc4c3c(cn4C)C[C@H]2N(C)C1. The van der Waals surface area contributed by atoms with Crippen LogP contribution < -0.4 is 0 Å². The second kappa shape index (κ2) is 9.46. The number of hydrogen-bond acceptors (Lipinski definition) is 6. The Bertz CT molecular complexity index is 1020. The first kappa shape index (κ1) is 22.6. The molecule has 0 N–H and O–H groups in total. The van der Waals surface area contributed by atoms with Gasteiger partial charge in [-0.05, 0) is 50.1 Å². The fourth-order valence-corrected chi connectivity index (χ4v) is 5.24. The number of likely N-dealkylation sites (N-methyl/N-ethyl adjacent to an activating group) is 1. The first-order valence-electron chi connectivity index (χ1n) is 11.4. The number of carbonyl (C=O) groups excluding carboxylic acids is 2. The molecule has 7 heteroatoms. The average molecular weight is 440 g/mol. The number of aromatic nitrogens is 1. The maximum absolute atomic E-state index is 12.1. The van der Waals surface area contributed by atoms with Crippen LogP contribution >= 0.6 is 0 Å². The zero-order chi connectivity index (χ0) is 22.8. The summed E-state index contributed by atoms with van der Waals surface area (Å²) in [4.78, 5) is 28.6. The minimum atomic E-state index is -0.317. The van der Waals surface area contributed by atoms with Crippen molar-refractivity contribution < 1.29 is 19.1 Å². The van der Waals surface area contributed by atoms with Gasteiger partial charge in [-0.3, -0.25) is 19.4 Å². The number of hydrogen-bond donors (Lipinski definition) is 0. The first-order chi connectivity index (χ1) is 15.4. The predicted octanol–water partition coefficient (Wildman–Crippen LogP) is 2.48. The largest absolute Gasteiger partial charge is 0.465 e. The Morgan fingerprint density at radius 1 is 1.09 bits per heavy atom. The van der Waals surface area contributed by atoms with Crippen molar-refractivity contribution in [2.75, 3.05) is 46.4 Å². The van der Waals surface area contributed by atoms with E-state index in [0.29, 0.717) is 25.8 Å². The van der Waals surface area contributed by atoms with Crippen molar-refractivity contribution in [2.24, 2.45) is 13.0 Å². The molecule has 0 radical (unpaired) electrons. The first-order valence-corrected chi connectivity index (χ1v) is 11.4. The van der Waals surface area contributed by atoms with E-state index in [1.165, 1.54) is 27.6 Å². The lowest BCUT2D eigenvalue weighted by Gasteiger charge is -2.41. The summed E-state index contributed by atoms with van der Waals surface area (Å²) in [5, 5.41) is 1.35. The van der Waals surface area contributed by atoms with Crippen molar-refractivity contribution in [3.8, 4) is 0 Å². The lowest BCUT2D eigenvalue weighted by molar-refractivity contribution is -0.148. The van der Waals surface area contributed by atoms with Crippen molar-refractivity contribution in [2.45, 2.75) is 26.3 Å². The van der Waals surface area contributed by atoms with Crippen LogP contribution in [0, 0.1) is 5.92 Å². The Labute approximate surface area is 189 Å². The van der Waals surface area contributed by atoms with Gasteiger partial charge in [0.25, 0.3) is 0 Å². The van der Waals surface area contributed by atoms with Gasteiger partial charge in [-0.1, -0.05) is 18.2 Å². The lowest BCUT2D eigenvalue weighted by atomic mass is 9.80. The van der Waals surface area contributed by atoms with Gasteiger partial charge in [-0.2, -0.15) is 0 Å². The number of nitrogens with zero attached hydrogens (tertiary/aromatic N) is 3. The maximum atomic E-state index is 12.1. The number of carbonyl (C=O) groups is 2. The maximum Gasteiger partial charge on any atom is 0.320 e. The summed E-state index contributed by atoms with van der Waals surface area (Å²) in [5.41, 5.74) is 5.30. The second-order valence-electron chi connectivity index (χ2n) is 8.79. The molecule has 0 fully saturated rings. The number of ether oxygens (including phenoxy) is 2. The Kier molecular flexibility index (Phi) is 6.67. The molecule has 0 spiro atoms. The van der Waals surface area contributed by atoms with Gasteiger partial charge in [0.2, 0.25) is 0 Å². The van der Waals surface area contributed by atoms with E-state index >= 15 is 0 Å². The molecule has 0 unspecified atom stereocenters. The van der Waals surface area contributed by atoms with E-state index < -0.39 is 0 Å². The summed E-state index contributed by atoms with van der Waals surface area (Å²) in [6, 6.07) is 6.86. The Balaban J connectivity index is 1.61. The summed E-state index contributed by atoms with van der Waals surface area (Å²) in [7, 11) is 4.27. The van der Waals surface area contributed by atoms with Crippen LogP contribution in [0.25, 0.3) is 16.5 Å². The molecule has 32 heavy (non-hydrogen) atoms. The predicted molar refractivity (Wildman–Crippen MR) is 124 cm³/mol. The monoisotopic (exact) mass is 439 g/mol. The molecule has 172 valence electrons. The van der Waals surface area contributed by atoms with Gasteiger partial charge in [-0.25, -0.2) is 0 Å². The minimum Gasteiger partial charge on any atom is -0.465 e. The second-order valence-corrected chi connectivity index (χ2v) is 8.79. The van der Waals surface area contributed by atoms with Crippen molar-refractivity contribution >= 4 is 28.4 Å². The highest BCUT2D eigenvalue weighted by molar-refractivity contribution is 5.98. The fourth-order valence-electron chi connectivity index (χ4n) is 5.24. The molecule has 7 nitrogen and oxygen atoms in total. The summed E-state index contributed by atoms with van der Waals surface area (Å²) >= 11 is 0. The van der Waals surface area contributed by atoms with E-state index in [0.717, 1.165) is 13.0 Å². The van der Waals surface area contributed by atoms with Crippen LogP contribution in [0.15, 0.2) is 30.5 Å². The minimum absolute atomic E-state index is 0.0812. The van der Waals surface area contributed by atoms with E-state index in [9.17, 15) is 9.59 Å². The van der Waals surface area contributed by atoms with Crippen molar-refractivity contribution in [3.05, 3.63) is 41.6 Å². The summed E-state index contributed by atoms with van der Waals surface area (Å²) in [6.07, 6.45) is 5.61. The molecule has 1 aromatic carbocycles. The normalized spacial score (nSPS) is 20.2. The fraction of sp³-hybridized carbons (Fsp3) is 0.520. The lowest BCUT2D eigenvalue weighted by Crippen LogP contribution is -2.46. The molecule has 0 amide bonds. The Morgan fingerprint density at radius 3 is 2.44 bits per heavy atom. The smallest absolute Gasteiger partial charge is 0.320 e. The van der Waals surface area contributed by atoms with E-state index in [2.05, 4.69) is 54.0 Å².